The van der Waals surface area contributed by atoms with Gasteiger partial charge < -0.3 is 9.80 Å². The molecule has 21 heavy (non-hydrogen) atoms. The van der Waals surface area contributed by atoms with Crippen molar-refractivity contribution in [2.45, 2.75) is 53.5 Å². The molecule has 0 N–H and O–H groups in total. The third-order valence-corrected chi connectivity index (χ3v) is 3.64. The average Bonchev–Trinajstić information content (AvgIpc) is 2.51. The minimum absolute atomic E-state index is 0.0895. The summed E-state index contributed by atoms with van der Waals surface area (Å²) in [5.41, 5.74) is 1.74. The van der Waals surface area contributed by atoms with Gasteiger partial charge in [-0.25, -0.2) is 4.39 Å². The van der Waals surface area contributed by atoms with Crippen LogP contribution in [0.1, 0.15) is 46.1 Å². The highest BCUT2D eigenvalue weighted by atomic mass is 19.1. The van der Waals surface area contributed by atoms with Crippen molar-refractivity contribution in [2.75, 3.05) is 32.1 Å². The molecule has 1 heterocycles. The van der Waals surface area contributed by atoms with Crippen molar-refractivity contribution < 1.29 is 4.39 Å². The average molecular weight is 296 g/mol. The second-order valence-electron chi connectivity index (χ2n) is 5.14. The Morgan fingerprint density at radius 1 is 1.05 bits per heavy atom. The van der Waals surface area contributed by atoms with E-state index >= 15 is 0 Å². The van der Waals surface area contributed by atoms with Gasteiger partial charge in [-0.2, -0.15) is 0 Å². The molecule has 1 aromatic carbocycles. The Balaban J connectivity index is 0.000000921. The van der Waals surface area contributed by atoms with Crippen molar-refractivity contribution in [3.8, 4) is 0 Å². The molecule has 0 spiro atoms. The molecule has 1 saturated heterocycles. The second-order valence-corrected chi connectivity index (χ2v) is 5.14. The fourth-order valence-corrected chi connectivity index (χ4v) is 2.49. The lowest BCUT2D eigenvalue weighted by Crippen LogP contribution is -2.42. The Morgan fingerprint density at radius 2 is 1.57 bits per heavy atom. The number of halogens is 1. The quantitative estimate of drug-likeness (QED) is 0.779. The predicted molar refractivity (Wildman–Crippen MR) is 92.8 cm³/mol. The van der Waals surface area contributed by atoms with Crippen molar-refractivity contribution in [1.82, 2.24) is 4.90 Å². The molecule has 1 aromatic rings. The Kier molecular flexibility index (Phi) is 10.1. The number of anilines is 1. The van der Waals surface area contributed by atoms with Crippen molar-refractivity contribution in [2.24, 2.45) is 0 Å². The van der Waals surface area contributed by atoms with Crippen molar-refractivity contribution in [3.05, 3.63) is 29.6 Å². The zero-order valence-electron chi connectivity index (χ0n) is 14.9. The normalized spacial score (nSPS) is 15.0. The Hall–Kier alpha value is -1.09. The van der Waals surface area contributed by atoms with E-state index in [4.69, 9.17) is 0 Å². The first-order valence-electron chi connectivity index (χ1n) is 8.25. The molecule has 0 amide bonds. The van der Waals surface area contributed by atoms with Gasteiger partial charge in [-0.15, -0.1) is 0 Å². The van der Waals surface area contributed by atoms with E-state index in [2.05, 4.69) is 23.9 Å². The molecule has 0 bridgehead atoms. The minimum atomic E-state index is -0.0895. The lowest BCUT2D eigenvalue weighted by atomic mass is 10.0. The van der Waals surface area contributed by atoms with Crippen LogP contribution < -0.4 is 4.90 Å². The third-order valence-electron chi connectivity index (χ3n) is 3.64. The van der Waals surface area contributed by atoms with E-state index in [0.717, 1.165) is 37.2 Å². The van der Waals surface area contributed by atoms with Crippen LogP contribution in [0.3, 0.4) is 0 Å². The number of aryl methyl sites for hydroxylation is 1. The van der Waals surface area contributed by atoms with Gasteiger partial charge in [-0.1, -0.05) is 33.8 Å². The van der Waals surface area contributed by atoms with Crippen LogP contribution in [0.25, 0.3) is 0 Å². The van der Waals surface area contributed by atoms with Gasteiger partial charge in [-0.3, -0.25) is 0 Å². The summed E-state index contributed by atoms with van der Waals surface area (Å²) in [5, 5.41) is 0. The molecule has 3 heteroatoms. The molecule has 0 unspecified atom stereocenters. The maximum atomic E-state index is 13.8. The molecular weight excluding hydrogens is 263 g/mol. The number of rotatable bonds is 2. The van der Waals surface area contributed by atoms with Gasteiger partial charge in [0.15, 0.2) is 0 Å². The molecule has 1 aliphatic rings. The Bertz CT molecular complexity index is 383. The molecule has 1 fully saturated rings. The predicted octanol–water partition coefficient (Wildman–Crippen LogP) is 4.72. The first-order chi connectivity index (χ1) is 10.1. The highest BCUT2D eigenvalue weighted by molar-refractivity contribution is 5.49. The van der Waals surface area contributed by atoms with Gasteiger partial charge in [0.25, 0.3) is 0 Å². The van der Waals surface area contributed by atoms with E-state index < -0.39 is 0 Å². The van der Waals surface area contributed by atoms with Crippen molar-refractivity contribution >= 4 is 5.69 Å². The summed E-state index contributed by atoms with van der Waals surface area (Å²) in [6, 6.07) is 6.14. The molecule has 1 aliphatic heterocycles. The number of nitrogens with zero attached hydrogens (tertiary/aromatic N) is 2. The van der Waals surface area contributed by atoms with Crippen molar-refractivity contribution in [3.63, 3.8) is 0 Å². The second kappa shape index (κ2) is 10.6. The summed E-state index contributed by atoms with van der Waals surface area (Å²) in [6.07, 6.45) is 2.22. The first kappa shape index (κ1) is 19.9. The number of hydrogen-bond acceptors (Lipinski definition) is 2. The third kappa shape index (κ3) is 6.04. The summed E-state index contributed by atoms with van der Waals surface area (Å²) in [5.74, 6) is -0.0895. The maximum Gasteiger partial charge on any atom is 0.146 e. The molecule has 0 saturated carbocycles. The standard InChI is InChI=1S/C14H21FN2.2C2H6/c1-11-4-5-14(13(15)10-11)17-8-6-12(7-9-17)16(2)3;2*1-2/h4-5,10,12H,6-9H2,1-3H3;2*1-2H3. The molecule has 0 radical (unpaired) electrons. The zero-order chi connectivity index (χ0) is 16.4. The zero-order valence-corrected chi connectivity index (χ0v) is 14.9. The van der Waals surface area contributed by atoms with E-state index in [1.165, 1.54) is 0 Å². The van der Waals surface area contributed by atoms with Crippen LogP contribution in [0.5, 0.6) is 0 Å². The summed E-state index contributed by atoms with van der Waals surface area (Å²) in [6.45, 7) is 11.8. The van der Waals surface area contributed by atoms with Crippen molar-refractivity contribution in [1.29, 1.82) is 0 Å². The SMILES string of the molecule is CC.CC.Cc1ccc(N2CCC(N(C)C)CC2)c(F)c1. The largest absolute Gasteiger partial charge is 0.369 e. The van der Waals surface area contributed by atoms with E-state index in [-0.39, 0.29) is 5.82 Å². The number of benzene rings is 1. The molecule has 0 aromatic heterocycles. The van der Waals surface area contributed by atoms with Crippen LogP contribution >= 0.6 is 0 Å². The lowest BCUT2D eigenvalue weighted by Gasteiger charge is -2.36. The van der Waals surface area contributed by atoms with Crippen LogP contribution in [0.2, 0.25) is 0 Å². The number of piperidine rings is 1. The van der Waals surface area contributed by atoms with Crippen LogP contribution in [0, 0.1) is 12.7 Å². The fourth-order valence-electron chi connectivity index (χ4n) is 2.49. The Morgan fingerprint density at radius 3 is 2.00 bits per heavy atom. The van der Waals surface area contributed by atoms with Gasteiger partial charge >= 0.3 is 0 Å². The van der Waals surface area contributed by atoms with E-state index in [1.807, 2.05) is 46.8 Å². The van der Waals surface area contributed by atoms with Gasteiger partial charge in [-0.05, 0) is 51.6 Å². The van der Waals surface area contributed by atoms with Gasteiger partial charge in [0.2, 0.25) is 0 Å². The van der Waals surface area contributed by atoms with E-state index in [0.29, 0.717) is 6.04 Å². The molecular formula is C18H33FN2. The monoisotopic (exact) mass is 296 g/mol. The highest BCUT2D eigenvalue weighted by Gasteiger charge is 2.22. The number of hydrogen-bond donors (Lipinski definition) is 0. The van der Waals surface area contributed by atoms with Crippen LogP contribution in [0.15, 0.2) is 18.2 Å². The van der Waals surface area contributed by atoms with Crippen LogP contribution in [-0.4, -0.2) is 38.1 Å². The fraction of sp³-hybridized carbons (Fsp3) is 0.667. The summed E-state index contributed by atoms with van der Waals surface area (Å²) < 4.78 is 13.8. The highest BCUT2D eigenvalue weighted by Crippen LogP contribution is 2.25. The lowest BCUT2D eigenvalue weighted by molar-refractivity contribution is 0.249. The summed E-state index contributed by atoms with van der Waals surface area (Å²) >= 11 is 0. The van der Waals surface area contributed by atoms with Crippen LogP contribution in [-0.2, 0) is 0 Å². The molecule has 0 aliphatic carbocycles. The van der Waals surface area contributed by atoms with E-state index in [9.17, 15) is 4.39 Å². The summed E-state index contributed by atoms with van der Waals surface area (Å²) in [4.78, 5) is 4.43. The van der Waals surface area contributed by atoms with Gasteiger partial charge in [0.1, 0.15) is 5.82 Å². The molecule has 122 valence electrons. The molecule has 0 atom stereocenters. The Labute approximate surface area is 131 Å². The molecule has 2 nitrogen and oxygen atoms in total. The van der Waals surface area contributed by atoms with Crippen LogP contribution in [0.4, 0.5) is 10.1 Å². The smallest absolute Gasteiger partial charge is 0.146 e. The first-order valence-corrected chi connectivity index (χ1v) is 8.25. The summed E-state index contributed by atoms with van der Waals surface area (Å²) in [7, 11) is 4.24. The minimum Gasteiger partial charge on any atom is -0.369 e. The topological polar surface area (TPSA) is 6.48 Å². The van der Waals surface area contributed by atoms with E-state index in [1.54, 1.807) is 6.07 Å². The van der Waals surface area contributed by atoms with Gasteiger partial charge in [0, 0.05) is 19.1 Å². The van der Waals surface area contributed by atoms with Gasteiger partial charge in [0.05, 0.1) is 5.69 Å². The molecule has 2 rings (SSSR count). The maximum absolute atomic E-state index is 13.8.